The smallest absolute Gasteiger partial charge is 0.107 e. The Labute approximate surface area is 100 Å². The van der Waals surface area contributed by atoms with Crippen molar-refractivity contribution in [2.75, 3.05) is 0 Å². The minimum atomic E-state index is 0.545. The highest BCUT2D eigenvalue weighted by molar-refractivity contribution is 9.10. The Balaban J connectivity index is 2.17. The van der Waals surface area contributed by atoms with Crippen LogP contribution >= 0.6 is 27.3 Å². The Hall–Kier alpha value is -0.710. The molecule has 0 fully saturated rings. The molecule has 1 aromatic heterocycles. The number of hydrogen-bond donors (Lipinski definition) is 1. The highest BCUT2D eigenvalue weighted by Gasteiger charge is 2.22. The van der Waals surface area contributed by atoms with Gasteiger partial charge in [0.15, 0.2) is 0 Å². The van der Waals surface area contributed by atoms with Crippen LogP contribution in [0.2, 0.25) is 0 Å². The largest absolute Gasteiger partial charge is 0.325 e. The quantitative estimate of drug-likeness (QED) is 0.745. The highest BCUT2D eigenvalue weighted by atomic mass is 79.9. The molecule has 1 aromatic carbocycles. The fourth-order valence-corrected chi connectivity index (χ4v) is 3.32. The second-order valence-electron chi connectivity index (χ2n) is 3.56. The molecule has 0 aliphatic heterocycles. The zero-order valence-electron chi connectivity index (χ0n) is 7.96. The molecule has 0 radical (unpaired) electrons. The van der Waals surface area contributed by atoms with E-state index in [1.165, 1.54) is 16.0 Å². The first-order chi connectivity index (χ1) is 7.28. The van der Waals surface area contributed by atoms with E-state index in [4.69, 9.17) is 5.73 Å². The molecule has 3 rings (SSSR count). The second-order valence-corrected chi connectivity index (χ2v) is 5.65. The molecule has 0 spiro atoms. The van der Waals surface area contributed by atoms with Crippen LogP contribution in [0.4, 0.5) is 0 Å². The zero-order valence-corrected chi connectivity index (χ0v) is 10.4. The third kappa shape index (κ3) is 1.44. The van der Waals surface area contributed by atoms with Crippen molar-refractivity contribution in [3.63, 3.8) is 0 Å². The number of rotatable bonds is 1. The Morgan fingerprint density at radius 3 is 3.13 bits per heavy atom. The second kappa shape index (κ2) is 3.40. The predicted octanol–water partition coefficient (Wildman–Crippen LogP) is 2.94. The summed E-state index contributed by atoms with van der Waals surface area (Å²) < 4.78 is 1.13. The molecule has 1 heterocycles. The predicted molar refractivity (Wildman–Crippen MR) is 65.9 cm³/mol. The van der Waals surface area contributed by atoms with Gasteiger partial charge in [-0.3, -0.25) is 0 Å². The first-order valence-corrected chi connectivity index (χ1v) is 6.36. The summed E-state index contributed by atoms with van der Waals surface area (Å²) in [5.74, 6) is 0. The van der Waals surface area contributed by atoms with Crippen LogP contribution < -0.4 is 5.73 Å². The van der Waals surface area contributed by atoms with Crippen LogP contribution in [0.1, 0.15) is 15.4 Å². The third-order valence-electron chi connectivity index (χ3n) is 2.59. The molecule has 1 aliphatic carbocycles. The summed E-state index contributed by atoms with van der Waals surface area (Å²) in [6.07, 6.45) is 1.00. The molecular weight excluding hydrogens is 272 g/mol. The van der Waals surface area contributed by atoms with Crippen LogP contribution in [0.5, 0.6) is 0 Å². The normalized spacial score (nSPS) is 12.7. The summed E-state index contributed by atoms with van der Waals surface area (Å²) in [6, 6.07) is 6.37. The lowest BCUT2D eigenvalue weighted by atomic mass is 10.1. The van der Waals surface area contributed by atoms with E-state index in [9.17, 15) is 0 Å². The van der Waals surface area contributed by atoms with Crippen molar-refractivity contribution >= 4 is 27.3 Å². The number of hydrogen-bond acceptors (Lipinski definition) is 3. The molecule has 2 aromatic rings. The topological polar surface area (TPSA) is 38.9 Å². The van der Waals surface area contributed by atoms with Crippen LogP contribution in [-0.2, 0) is 13.0 Å². The summed E-state index contributed by atoms with van der Waals surface area (Å²) >= 11 is 5.22. The molecule has 76 valence electrons. The van der Waals surface area contributed by atoms with E-state index in [2.05, 4.69) is 39.1 Å². The van der Waals surface area contributed by atoms with Gasteiger partial charge in [0.2, 0.25) is 0 Å². The minimum absolute atomic E-state index is 0.545. The Bertz CT molecular complexity index is 533. The van der Waals surface area contributed by atoms with Gasteiger partial charge in [-0.15, -0.1) is 11.3 Å². The number of fused-ring (bicyclic) bond motifs is 3. The monoisotopic (exact) mass is 280 g/mol. The number of aromatic nitrogens is 1. The van der Waals surface area contributed by atoms with Crippen LogP contribution in [0.25, 0.3) is 11.3 Å². The van der Waals surface area contributed by atoms with Gasteiger partial charge in [0.25, 0.3) is 0 Å². The van der Waals surface area contributed by atoms with Crippen LogP contribution in [-0.4, -0.2) is 4.98 Å². The molecule has 0 saturated heterocycles. The number of benzene rings is 1. The summed E-state index contributed by atoms with van der Waals surface area (Å²) in [7, 11) is 0. The SMILES string of the molecule is NCc1nc2c(s1)Cc1cc(Br)ccc1-2. The Morgan fingerprint density at radius 2 is 2.33 bits per heavy atom. The van der Waals surface area contributed by atoms with Gasteiger partial charge < -0.3 is 5.73 Å². The summed E-state index contributed by atoms with van der Waals surface area (Å²) in [4.78, 5) is 5.91. The van der Waals surface area contributed by atoms with Crippen molar-refractivity contribution in [3.05, 3.63) is 38.1 Å². The number of thiazole rings is 1. The maximum atomic E-state index is 5.60. The first-order valence-electron chi connectivity index (χ1n) is 4.75. The first kappa shape index (κ1) is 9.51. The number of nitrogens with zero attached hydrogens (tertiary/aromatic N) is 1. The maximum Gasteiger partial charge on any atom is 0.107 e. The molecule has 0 unspecified atom stereocenters. The summed E-state index contributed by atoms with van der Waals surface area (Å²) in [5, 5.41) is 1.04. The molecule has 1 aliphatic rings. The van der Waals surface area contributed by atoms with Gasteiger partial charge in [-0.2, -0.15) is 0 Å². The lowest BCUT2D eigenvalue weighted by molar-refractivity contribution is 1.04. The maximum absolute atomic E-state index is 5.60. The Kier molecular flexibility index (Phi) is 2.16. The molecule has 2 nitrogen and oxygen atoms in total. The van der Waals surface area contributed by atoms with Crippen molar-refractivity contribution in [3.8, 4) is 11.3 Å². The van der Waals surface area contributed by atoms with Crippen molar-refractivity contribution in [2.45, 2.75) is 13.0 Å². The molecule has 2 N–H and O–H groups in total. The van der Waals surface area contributed by atoms with E-state index < -0.39 is 0 Å². The fourth-order valence-electron chi connectivity index (χ4n) is 1.93. The Morgan fingerprint density at radius 1 is 1.47 bits per heavy atom. The molecule has 4 heteroatoms. The number of halogens is 1. The zero-order chi connectivity index (χ0) is 10.4. The van der Waals surface area contributed by atoms with Crippen molar-refractivity contribution in [1.29, 1.82) is 0 Å². The fraction of sp³-hybridized carbons (Fsp3) is 0.182. The van der Waals surface area contributed by atoms with Crippen LogP contribution in [0, 0.1) is 0 Å². The van der Waals surface area contributed by atoms with Crippen LogP contribution in [0.3, 0.4) is 0 Å². The number of nitrogens with two attached hydrogens (primary N) is 1. The van der Waals surface area contributed by atoms with E-state index in [0.29, 0.717) is 6.54 Å². The van der Waals surface area contributed by atoms with Gasteiger partial charge in [0, 0.05) is 27.9 Å². The molecule has 0 saturated carbocycles. The van der Waals surface area contributed by atoms with E-state index in [1.54, 1.807) is 11.3 Å². The van der Waals surface area contributed by atoms with Gasteiger partial charge in [0.1, 0.15) is 5.01 Å². The molecule has 0 bridgehead atoms. The van der Waals surface area contributed by atoms with Gasteiger partial charge in [-0.25, -0.2) is 4.98 Å². The van der Waals surface area contributed by atoms with Gasteiger partial charge in [-0.1, -0.05) is 22.0 Å². The van der Waals surface area contributed by atoms with Crippen molar-refractivity contribution in [2.24, 2.45) is 5.73 Å². The lowest BCUT2D eigenvalue weighted by Crippen LogP contribution is -1.94. The minimum Gasteiger partial charge on any atom is -0.325 e. The highest BCUT2D eigenvalue weighted by Crippen LogP contribution is 2.40. The van der Waals surface area contributed by atoms with E-state index in [1.807, 2.05) is 0 Å². The summed E-state index contributed by atoms with van der Waals surface area (Å²) in [5.41, 5.74) is 9.37. The van der Waals surface area contributed by atoms with E-state index in [-0.39, 0.29) is 0 Å². The van der Waals surface area contributed by atoms with Gasteiger partial charge in [-0.05, 0) is 17.7 Å². The van der Waals surface area contributed by atoms with Gasteiger partial charge >= 0.3 is 0 Å². The molecule has 0 atom stereocenters. The van der Waals surface area contributed by atoms with Crippen molar-refractivity contribution < 1.29 is 0 Å². The summed E-state index contributed by atoms with van der Waals surface area (Å²) in [6.45, 7) is 0.545. The molecule has 0 amide bonds. The van der Waals surface area contributed by atoms with E-state index in [0.717, 1.165) is 21.6 Å². The molecular formula is C11H9BrN2S. The van der Waals surface area contributed by atoms with Gasteiger partial charge in [0.05, 0.1) is 5.69 Å². The average molecular weight is 281 g/mol. The molecule has 15 heavy (non-hydrogen) atoms. The van der Waals surface area contributed by atoms with E-state index >= 15 is 0 Å². The average Bonchev–Trinajstić information content (AvgIpc) is 2.73. The lowest BCUT2D eigenvalue weighted by Gasteiger charge is -1.99. The third-order valence-corrected chi connectivity index (χ3v) is 4.16. The van der Waals surface area contributed by atoms with Crippen LogP contribution in [0.15, 0.2) is 22.7 Å². The van der Waals surface area contributed by atoms with Crippen molar-refractivity contribution in [1.82, 2.24) is 4.98 Å². The standard InChI is InChI=1S/C11H9BrN2S/c12-7-1-2-8-6(3-7)4-9-11(8)14-10(5-13)15-9/h1-3H,4-5,13H2.